The van der Waals surface area contributed by atoms with E-state index in [9.17, 15) is 4.79 Å². The van der Waals surface area contributed by atoms with Crippen LogP contribution in [-0.4, -0.2) is 43.0 Å². The first-order valence-corrected chi connectivity index (χ1v) is 7.80. The van der Waals surface area contributed by atoms with Gasteiger partial charge in [-0.1, -0.05) is 0 Å². The predicted octanol–water partition coefficient (Wildman–Crippen LogP) is 1.35. The van der Waals surface area contributed by atoms with Gasteiger partial charge in [0.1, 0.15) is 0 Å². The third-order valence-corrected chi connectivity index (χ3v) is 5.10. The van der Waals surface area contributed by atoms with E-state index in [0.29, 0.717) is 12.1 Å². The Kier molecular flexibility index (Phi) is 5.22. The summed E-state index contributed by atoms with van der Waals surface area (Å²) in [7, 11) is 2.21. The maximum atomic E-state index is 11.2. The van der Waals surface area contributed by atoms with E-state index >= 15 is 0 Å². The second kappa shape index (κ2) is 6.71. The van der Waals surface area contributed by atoms with Crippen molar-refractivity contribution in [3.05, 3.63) is 0 Å². The van der Waals surface area contributed by atoms with Crippen molar-refractivity contribution in [2.75, 3.05) is 20.1 Å². The lowest BCUT2D eigenvalue weighted by atomic mass is 9.84. The lowest BCUT2D eigenvalue weighted by Gasteiger charge is -2.36. The molecule has 0 spiro atoms. The van der Waals surface area contributed by atoms with Gasteiger partial charge < -0.3 is 16.0 Å². The Balaban J connectivity index is 1.71. The van der Waals surface area contributed by atoms with E-state index in [2.05, 4.69) is 24.2 Å². The lowest BCUT2D eigenvalue weighted by molar-refractivity contribution is -0.122. The van der Waals surface area contributed by atoms with Crippen LogP contribution in [0.4, 0.5) is 0 Å². The molecule has 1 heterocycles. The van der Waals surface area contributed by atoms with Gasteiger partial charge >= 0.3 is 0 Å². The SMILES string of the molecule is CC(NC1CCC(C(N)=O)CC1)C1CCN(C)CC1. The zero-order valence-corrected chi connectivity index (χ0v) is 12.4. The number of hydrogen-bond acceptors (Lipinski definition) is 3. The van der Waals surface area contributed by atoms with Crippen LogP contribution in [0.15, 0.2) is 0 Å². The minimum atomic E-state index is -0.109. The highest BCUT2D eigenvalue weighted by Gasteiger charge is 2.28. The molecule has 0 aromatic heterocycles. The van der Waals surface area contributed by atoms with E-state index in [4.69, 9.17) is 5.73 Å². The molecule has 1 saturated heterocycles. The Morgan fingerprint density at radius 3 is 2.26 bits per heavy atom. The Labute approximate surface area is 117 Å². The Hall–Kier alpha value is -0.610. The minimum Gasteiger partial charge on any atom is -0.369 e. The number of hydrogen-bond donors (Lipinski definition) is 2. The van der Waals surface area contributed by atoms with Crippen LogP contribution in [0.5, 0.6) is 0 Å². The number of piperidine rings is 1. The topological polar surface area (TPSA) is 58.4 Å². The van der Waals surface area contributed by atoms with Crippen LogP contribution in [0, 0.1) is 11.8 Å². The fraction of sp³-hybridized carbons (Fsp3) is 0.933. The van der Waals surface area contributed by atoms with Gasteiger partial charge in [0.05, 0.1) is 0 Å². The van der Waals surface area contributed by atoms with Crippen molar-refractivity contribution in [3.8, 4) is 0 Å². The minimum absolute atomic E-state index is 0.109. The number of carbonyl (C=O) groups is 1. The van der Waals surface area contributed by atoms with Crippen molar-refractivity contribution in [1.82, 2.24) is 10.2 Å². The van der Waals surface area contributed by atoms with Crippen LogP contribution in [0.3, 0.4) is 0 Å². The molecule has 0 aromatic carbocycles. The van der Waals surface area contributed by atoms with Gasteiger partial charge in [0.25, 0.3) is 0 Å². The maximum absolute atomic E-state index is 11.2. The molecule has 1 aliphatic heterocycles. The van der Waals surface area contributed by atoms with Gasteiger partial charge in [-0.15, -0.1) is 0 Å². The average molecular weight is 267 g/mol. The highest BCUT2D eigenvalue weighted by molar-refractivity contribution is 5.76. The molecular weight excluding hydrogens is 238 g/mol. The molecule has 1 saturated carbocycles. The van der Waals surface area contributed by atoms with Crippen molar-refractivity contribution < 1.29 is 4.79 Å². The Bertz CT molecular complexity index is 292. The zero-order valence-electron chi connectivity index (χ0n) is 12.4. The van der Waals surface area contributed by atoms with E-state index in [1.165, 1.54) is 25.9 Å². The molecule has 0 radical (unpaired) electrons. The number of nitrogens with one attached hydrogen (secondary N) is 1. The smallest absolute Gasteiger partial charge is 0.220 e. The Morgan fingerprint density at radius 1 is 1.16 bits per heavy atom. The number of likely N-dealkylation sites (tertiary alicyclic amines) is 1. The molecule has 2 aliphatic rings. The summed E-state index contributed by atoms with van der Waals surface area (Å²) in [5.41, 5.74) is 5.38. The molecule has 0 aromatic rings. The summed E-state index contributed by atoms with van der Waals surface area (Å²) in [6.07, 6.45) is 6.75. The van der Waals surface area contributed by atoms with Crippen LogP contribution in [0.25, 0.3) is 0 Å². The van der Waals surface area contributed by atoms with Gasteiger partial charge in [-0.25, -0.2) is 0 Å². The normalized spacial score (nSPS) is 32.1. The van der Waals surface area contributed by atoms with E-state index in [0.717, 1.165) is 31.6 Å². The lowest BCUT2D eigenvalue weighted by Crippen LogP contribution is -2.46. The largest absolute Gasteiger partial charge is 0.369 e. The van der Waals surface area contributed by atoms with E-state index < -0.39 is 0 Å². The molecule has 3 N–H and O–H groups in total. The molecule has 1 unspecified atom stereocenters. The molecule has 19 heavy (non-hydrogen) atoms. The second-order valence-electron chi connectivity index (χ2n) is 6.55. The molecule has 110 valence electrons. The molecule has 4 nitrogen and oxygen atoms in total. The van der Waals surface area contributed by atoms with Gasteiger partial charge in [-0.2, -0.15) is 0 Å². The molecule has 0 bridgehead atoms. The maximum Gasteiger partial charge on any atom is 0.220 e. The number of carbonyl (C=O) groups excluding carboxylic acids is 1. The first-order valence-electron chi connectivity index (χ1n) is 7.80. The van der Waals surface area contributed by atoms with Gasteiger partial charge in [-0.3, -0.25) is 4.79 Å². The molecule has 1 amide bonds. The van der Waals surface area contributed by atoms with E-state index in [1.54, 1.807) is 0 Å². The summed E-state index contributed by atoms with van der Waals surface area (Å²) in [5.74, 6) is 0.823. The number of amides is 1. The van der Waals surface area contributed by atoms with Crippen molar-refractivity contribution >= 4 is 5.91 Å². The standard InChI is InChI=1S/C15H29N3O/c1-11(12-7-9-18(2)10-8-12)17-14-5-3-13(4-6-14)15(16)19/h11-14,17H,3-10H2,1-2H3,(H2,16,19). The fourth-order valence-corrected chi connectivity index (χ4v) is 3.58. The fourth-order valence-electron chi connectivity index (χ4n) is 3.58. The Morgan fingerprint density at radius 2 is 1.74 bits per heavy atom. The van der Waals surface area contributed by atoms with E-state index in [-0.39, 0.29) is 11.8 Å². The zero-order chi connectivity index (χ0) is 13.8. The molecule has 2 fully saturated rings. The number of nitrogens with zero attached hydrogens (tertiary/aromatic N) is 1. The monoisotopic (exact) mass is 267 g/mol. The van der Waals surface area contributed by atoms with Crippen molar-refractivity contribution in [2.24, 2.45) is 17.6 Å². The summed E-state index contributed by atoms with van der Waals surface area (Å²) >= 11 is 0. The third kappa shape index (κ3) is 4.18. The number of rotatable bonds is 4. The molecule has 2 rings (SSSR count). The van der Waals surface area contributed by atoms with Gasteiger partial charge in [0.2, 0.25) is 5.91 Å². The van der Waals surface area contributed by atoms with Crippen LogP contribution < -0.4 is 11.1 Å². The first-order chi connectivity index (χ1) is 9.06. The van der Waals surface area contributed by atoms with Gasteiger partial charge in [-0.05, 0) is 71.5 Å². The molecule has 4 heteroatoms. The van der Waals surface area contributed by atoms with Crippen molar-refractivity contribution in [1.29, 1.82) is 0 Å². The summed E-state index contributed by atoms with van der Waals surface area (Å²) in [5, 5.41) is 3.79. The molecular formula is C15H29N3O. The quantitative estimate of drug-likeness (QED) is 0.808. The van der Waals surface area contributed by atoms with Crippen LogP contribution in [0.1, 0.15) is 45.4 Å². The average Bonchev–Trinajstić information content (AvgIpc) is 2.40. The van der Waals surface area contributed by atoms with Crippen LogP contribution in [-0.2, 0) is 4.79 Å². The number of nitrogens with two attached hydrogens (primary N) is 1. The summed E-state index contributed by atoms with van der Waals surface area (Å²) in [4.78, 5) is 13.6. The second-order valence-corrected chi connectivity index (χ2v) is 6.55. The van der Waals surface area contributed by atoms with E-state index in [1.807, 2.05) is 0 Å². The summed E-state index contributed by atoms with van der Waals surface area (Å²) in [6, 6.07) is 1.19. The highest BCUT2D eigenvalue weighted by Crippen LogP contribution is 2.26. The highest BCUT2D eigenvalue weighted by atomic mass is 16.1. The van der Waals surface area contributed by atoms with Crippen molar-refractivity contribution in [3.63, 3.8) is 0 Å². The predicted molar refractivity (Wildman–Crippen MR) is 77.8 cm³/mol. The van der Waals surface area contributed by atoms with Gasteiger partial charge in [0, 0.05) is 18.0 Å². The van der Waals surface area contributed by atoms with Crippen LogP contribution in [0.2, 0.25) is 0 Å². The number of primary amides is 1. The first kappa shape index (κ1) is 14.8. The summed E-state index contributed by atoms with van der Waals surface area (Å²) < 4.78 is 0. The third-order valence-electron chi connectivity index (χ3n) is 5.10. The van der Waals surface area contributed by atoms with Crippen LogP contribution >= 0.6 is 0 Å². The van der Waals surface area contributed by atoms with Gasteiger partial charge in [0.15, 0.2) is 0 Å². The van der Waals surface area contributed by atoms with Crippen molar-refractivity contribution in [2.45, 2.75) is 57.5 Å². The molecule has 1 aliphatic carbocycles. The summed E-state index contributed by atoms with van der Waals surface area (Å²) in [6.45, 7) is 4.78. The molecule has 1 atom stereocenters.